The molecule has 0 saturated heterocycles. The number of nitrogen functional groups attached to an aromatic ring is 1. The summed E-state index contributed by atoms with van der Waals surface area (Å²) in [7, 11) is 1.65. The molecule has 0 aliphatic rings. The first-order valence-electron chi connectivity index (χ1n) is 2.65. The van der Waals surface area contributed by atoms with Gasteiger partial charge in [0, 0.05) is 13.1 Å². The molecule has 0 spiro atoms. The van der Waals surface area contributed by atoms with Crippen LogP contribution in [0.15, 0.2) is 6.07 Å². The third-order valence-electron chi connectivity index (χ3n) is 1.14. The van der Waals surface area contributed by atoms with Crippen LogP contribution in [0.5, 0.6) is 0 Å². The third kappa shape index (κ3) is 1.11. The highest BCUT2D eigenvalue weighted by Gasteiger charge is 1.95. The van der Waals surface area contributed by atoms with E-state index >= 15 is 0 Å². The highest BCUT2D eigenvalue weighted by Crippen LogP contribution is 2.04. The summed E-state index contributed by atoms with van der Waals surface area (Å²) in [4.78, 5) is 3.66. The van der Waals surface area contributed by atoms with Crippen molar-refractivity contribution in [2.75, 3.05) is 5.73 Å². The quantitative estimate of drug-likeness (QED) is 0.528. The van der Waals surface area contributed by atoms with Gasteiger partial charge in [-0.25, -0.2) is 0 Å². The Hall–Kier alpha value is -1.03. The molecule has 0 bridgehead atoms. The number of rotatable bonds is 0. The lowest BCUT2D eigenvalue weighted by Gasteiger charge is -2.00. The van der Waals surface area contributed by atoms with Crippen LogP contribution in [0, 0.1) is 5.41 Å². The summed E-state index contributed by atoms with van der Waals surface area (Å²) in [5.74, 6) is 0.271. The molecule has 4 nitrogen and oxygen atoms in total. The van der Waals surface area contributed by atoms with E-state index in [0.29, 0.717) is 5.15 Å². The maximum atomic E-state index is 7.19. The molecule has 1 aromatic rings. The highest BCUT2D eigenvalue weighted by atomic mass is 35.5. The zero-order valence-corrected chi connectivity index (χ0v) is 6.18. The van der Waals surface area contributed by atoms with Crippen LogP contribution < -0.4 is 11.4 Å². The molecule has 0 atom stereocenters. The van der Waals surface area contributed by atoms with Gasteiger partial charge in [0.25, 0.3) is 0 Å². The summed E-state index contributed by atoms with van der Waals surface area (Å²) >= 11 is 5.64. The summed E-state index contributed by atoms with van der Waals surface area (Å²) in [5, 5.41) is 7.60. The summed E-state index contributed by atoms with van der Waals surface area (Å²) in [6.07, 6.45) is 0. The van der Waals surface area contributed by atoms with Crippen LogP contribution in [0.4, 0.5) is 5.82 Å². The van der Waals surface area contributed by atoms with Gasteiger partial charge in [-0.1, -0.05) is 11.6 Å². The Balaban J connectivity index is 3.46. The van der Waals surface area contributed by atoms with Crippen LogP contribution in [0.25, 0.3) is 0 Å². The van der Waals surface area contributed by atoms with Gasteiger partial charge in [0.15, 0.2) is 0 Å². The minimum Gasteiger partial charge on any atom is -0.383 e. The second kappa shape index (κ2) is 2.30. The maximum Gasteiger partial charge on any atom is 0.224 e. The Morgan fingerprint density at radius 3 is 2.90 bits per heavy atom. The zero-order chi connectivity index (χ0) is 7.72. The van der Waals surface area contributed by atoms with Crippen molar-refractivity contribution >= 4 is 17.4 Å². The first-order valence-corrected chi connectivity index (χ1v) is 3.02. The molecule has 1 heterocycles. The number of hydrogen-bond donors (Lipinski definition) is 2. The van der Waals surface area contributed by atoms with Crippen molar-refractivity contribution in [1.29, 1.82) is 5.41 Å². The number of nitrogens with two attached hydrogens (primary N) is 1. The average Bonchev–Trinajstić information content (AvgIpc) is 1.82. The SMILES string of the molecule is Cn1c(Cl)cc(N)nc1=N. The van der Waals surface area contributed by atoms with E-state index in [1.165, 1.54) is 10.6 Å². The monoisotopic (exact) mass is 158 g/mol. The molecule has 54 valence electrons. The van der Waals surface area contributed by atoms with Crippen molar-refractivity contribution in [1.82, 2.24) is 9.55 Å². The van der Waals surface area contributed by atoms with Crippen LogP contribution in [0.2, 0.25) is 5.15 Å². The van der Waals surface area contributed by atoms with E-state index in [-0.39, 0.29) is 11.4 Å². The fourth-order valence-corrected chi connectivity index (χ4v) is 0.741. The van der Waals surface area contributed by atoms with Gasteiger partial charge in [0.2, 0.25) is 5.62 Å². The van der Waals surface area contributed by atoms with Crippen molar-refractivity contribution in [3.05, 3.63) is 16.8 Å². The van der Waals surface area contributed by atoms with Gasteiger partial charge in [0.05, 0.1) is 0 Å². The van der Waals surface area contributed by atoms with Gasteiger partial charge in [-0.15, -0.1) is 0 Å². The van der Waals surface area contributed by atoms with Crippen molar-refractivity contribution in [2.24, 2.45) is 7.05 Å². The average molecular weight is 159 g/mol. The number of aromatic nitrogens is 2. The van der Waals surface area contributed by atoms with Gasteiger partial charge in [-0.2, -0.15) is 4.98 Å². The number of anilines is 1. The molecule has 0 aromatic carbocycles. The fraction of sp³-hybridized carbons (Fsp3) is 0.200. The molecule has 3 N–H and O–H groups in total. The van der Waals surface area contributed by atoms with Gasteiger partial charge < -0.3 is 10.3 Å². The number of halogens is 1. The summed E-state index contributed by atoms with van der Waals surface area (Å²) in [6, 6.07) is 1.50. The lowest BCUT2D eigenvalue weighted by atomic mass is 10.6. The Bertz CT molecular complexity index is 303. The molecular weight excluding hydrogens is 152 g/mol. The molecule has 5 heteroatoms. The maximum absolute atomic E-state index is 7.19. The Kier molecular flexibility index (Phi) is 1.63. The molecule has 1 rings (SSSR count). The molecule has 1 aromatic heterocycles. The summed E-state index contributed by atoms with van der Waals surface area (Å²) in [5.41, 5.74) is 5.36. The minimum absolute atomic E-state index is 0.0602. The standard InChI is InChI=1S/C5H7ClN4/c1-10-3(6)2-4(7)9-5(10)8/h2H,1H3,(H3,7,8,9). The Morgan fingerprint density at radius 2 is 2.40 bits per heavy atom. The Morgan fingerprint density at radius 1 is 1.80 bits per heavy atom. The van der Waals surface area contributed by atoms with Gasteiger partial charge in [-0.05, 0) is 0 Å². The predicted octanol–water partition coefficient (Wildman–Crippen LogP) is 0.135. The van der Waals surface area contributed by atoms with E-state index in [1.54, 1.807) is 7.05 Å². The van der Waals surface area contributed by atoms with Crippen LogP contribution in [-0.2, 0) is 7.05 Å². The van der Waals surface area contributed by atoms with E-state index in [4.69, 9.17) is 22.7 Å². The predicted molar refractivity (Wildman–Crippen MR) is 38.5 cm³/mol. The van der Waals surface area contributed by atoms with Crippen LogP contribution in [0.1, 0.15) is 0 Å². The summed E-state index contributed by atoms with van der Waals surface area (Å²) < 4.78 is 1.43. The zero-order valence-electron chi connectivity index (χ0n) is 5.43. The van der Waals surface area contributed by atoms with Crippen molar-refractivity contribution in [2.45, 2.75) is 0 Å². The smallest absolute Gasteiger partial charge is 0.224 e. The molecule has 0 radical (unpaired) electrons. The van der Waals surface area contributed by atoms with E-state index in [1.807, 2.05) is 0 Å². The van der Waals surface area contributed by atoms with E-state index in [9.17, 15) is 0 Å². The molecule has 0 saturated carbocycles. The molecule has 0 fully saturated rings. The normalized spacial score (nSPS) is 9.80. The van der Waals surface area contributed by atoms with Crippen molar-refractivity contribution in [3.8, 4) is 0 Å². The molecule has 0 aliphatic carbocycles. The molecule has 0 amide bonds. The van der Waals surface area contributed by atoms with Crippen LogP contribution in [-0.4, -0.2) is 9.55 Å². The molecule has 10 heavy (non-hydrogen) atoms. The lowest BCUT2D eigenvalue weighted by molar-refractivity contribution is 0.767. The topological polar surface area (TPSA) is 67.7 Å². The van der Waals surface area contributed by atoms with E-state index < -0.39 is 0 Å². The van der Waals surface area contributed by atoms with Crippen LogP contribution >= 0.6 is 11.6 Å². The molecule has 0 unspecified atom stereocenters. The van der Waals surface area contributed by atoms with Crippen molar-refractivity contribution in [3.63, 3.8) is 0 Å². The number of nitrogens with one attached hydrogen (secondary N) is 1. The Labute approximate surface area is 62.8 Å². The second-order valence-electron chi connectivity index (χ2n) is 1.89. The fourth-order valence-electron chi connectivity index (χ4n) is 0.550. The van der Waals surface area contributed by atoms with E-state index in [2.05, 4.69) is 4.98 Å². The lowest BCUT2D eigenvalue weighted by Crippen LogP contribution is -2.21. The van der Waals surface area contributed by atoms with Crippen LogP contribution in [0.3, 0.4) is 0 Å². The number of hydrogen-bond acceptors (Lipinski definition) is 3. The second-order valence-corrected chi connectivity index (χ2v) is 2.27. The van der Waals surface area contributed by atoms with E-state index in [0.717, 1.165) is 0 Å². The highest BCUT2D eigenvalue weighted by molar-refractivity contribution is 6.29. The van der Waals surface area contributed by atoms with Gasteiger partial charge in [-0.3, -0.25) is 5.41 Å². The third-order valence-corrected chi connectivity index (χ3v) is 1.50. The molecular formula is C5H7ClN4. The first kappa shape index (κ1) is 7.08. The first-order chi connectivity index (χ1) is 4.61. The van der Waals surface area contributed by atoms with Crippen molar-refractivity contribution < 1.29 is 0 Å². The summed E-state index contributed by atoms with van der Waals surface area (Å²) in [6.45, 7) is 0. The minimum atomic E-state index is 0.0602. The van der Waals surface area contributed by atoms with Gasteiger partial charge in [0.1, 0.15) is 11.0 Å². The number of nitrogens with zero attached hydrogens (tertiary/aromatic N) is 2. The van der Waals surface area contributed by atoms with Gasteiger partial charge >= 0.3 is 0 Å². The molecule has 0 aliphatic heterocycles. The largest absolute Gasteiger partial charge is 0.383 e.